The first-order valence-corrected chi connectivity index (χ1v) is 7.28. The molecule has 114 valence electrons. The van der Waals surface area contributed by atoms with Gasteiger partial charge in [-0.15, -0.1) is 0 Å². The summed E-state index contributed by atoms with van der Waals surface area (Å²) in [6.07, 6.45) is 2.43. The second-order valence-corrected chi connectivity index (χ2v) is 5.63. The molecule has 1 aliphatic rings. The Morgan fingerprint density at radius 3 is 2.71 bits per heavy atom. The van der Waals surface area contributed by atoms with Crippen LogP contribution in [-0.4, -0.2) is 44.2 Å². The van der Waals surface area contributed by atoms with Gasteiger partial charge in [-0.25, -0.2) is 4.79 Å². The van der Waals surface area contributed by atoms with E-state index in [4.69, 9.17) is 0 Å². The van der Waals surface area contributed by atoms with Gasteiger partial charge in [0.25, 0.3) is 5.91 Å². The van der Waals surface area contributed by atoms with Crippen LogP contribution in [0.5, 0.6) is 0 Å². The lowest BCUT2D eigenvalue weighted by Gasteiger charge is -2.34. The third-order valence-corrected chi connectivity index (χ3v) is 4.13. The monoisotopic (exact) mass is 291 g/mol. The number of nitrogens with zero attached hydrogens (tertiary/aromatic N) is 3. The molecule has 1 unspecified atom stereocenters. The largest absolute Gasteiger partial charge is 0.479 e. The van der Waals surface area contributed by atoms with Crippen LogP contribution in [0.1, 0.15) is 54.4 Å². The molecule has 1 N–H and O–H groups in total. The van der Waals surface area contributed by atoms with Gasteiger partial charge in [0.05, 0.1) is 17.0 Å². The Morgan fingerprint density at radius 2 is 2.10 bits per heavy atom. The number of aliphatic carboxylic acids is 1. The molecule has 0 radical (unpaired) electrons. The molecular formula is C15H21N3O3. The molecule has 1 fully saturated rings. The Hall–Kier alpha value is -1.98. The van der Waals surface area contributed by atoms with Crippen molar-refractivity contribution in [3.63, 3.8) is 0 Å². The van der Waals surface area contributed by atoms with Crippen LogP contribution in [0.25, 0.3) is 0 Å². The Balaban J connectivity index is 2.41. The van der Waals surface area contributed by atoms with Crippen molar-refractivity contribution in [2.75, 3.05) is 6.54 Å². The second kappa shape index (κ2) is 5.79. The Labute approximate surface area is 124 Å². The molecule has 1 saturated heterocycles. The molecule has 2 rings (SSSR count). The van der Waals surface area contributed by atoms with Gasteiger partial charge in [0.15, 0.2) is 0 Å². The summed E-state index contributed by atoms with van der Waals surface area (Å²) >= 11 is 0. The average Bonchev–Trinajstić information content (AvgIpc) is 2.86. The first-order valence-electron chi connectivity index (χ1n) is 7.28. The summed E-state index contributed by atoms with van der Waals surface area (Å²) in [5.74, 6) is -1.16. The molecule has 0 saturated carbocycles. The fraction of sp³-hybridized carbons (Fsp3) is 0.600. The number of carboxylic acids is 1. The third kappa shape index (κ3) is 2.62. The molecule has 1 aliphatic heterocycles. The van der Waals surface area contributed by atoms with Gasteiger partial charge in [-0.1, -0.05) is 13.3 Å². The summed E-state index contributed by atoms with van der Waals surface area (Å²) in [7, 11) is 0. The quantitative estimate of drug-likeness (QED) is 0.916. The highest BCUT2D eigenvalue weighted by Crippen LogP contribution is 2.35. The molecule has 1 aromatic rings. The Morgan fingerprint density at radius 1 is 1.38 bits per heavy atom. The molecule has 0 bridgehead atoms. The first-order chi connectivity index (χ1) is 9.92. The molecule has 0 spiro atoms. The van der Waals surface area contributed by atoms with Crippen molar-refractivity contribution in [3.05, 3.63) is 23.0 Å². The number of aryl methyl sites for hydroxylation is 2. The minimum atomic E-state index is -1.07. The van der Waals surface area contributed by atoms with Crippen molar-refractivity contribution in [1.29, 1.82) is 0 Å². The third-order valence-electron chi connectivity index (χ3n) is 4.13. The van der Waals surface area contributed by atoms with Crippen LogP contribution in [0.2, 0.25) is 0 Å². The van der Waals surface area contributed by atoms with Crippen LogP contribution in [0.15, 0.2) is 6.07 Å². The van der Waals surface area contributed by atoms with E-state index in [-0.39, 0.29) is 5.91 Å². The van der Waals surface area contributed by atoms with Gasteiger partial charge in [-0.2, -0.15) is 10.2 Å². The maximum Gasteiger partial charge on any atom is 0.329 e. The lowest BCUT2D eigenvalue weighted by atomic mass is 9.90. The number of aromatic nitrogens is 2. The topological polar surface area (TPSA) is 83.4 Å². The number of amides is 1. The molecule has 1 aromatic heterocycles. The number of likely N-dealkylation sites (tertiary alicyclic amines) is 1. The fourth-order valence-corrected chi connectivity index (χ4v) is 3.09. The highest BCUT2D eigenvalue weighted by Gasteiger charge is 2.49. The summed E-state index contributed by atoms with van der Waals surface area (Å²) in [4.78, 5) is 26.1. The van der Waals surface area contributed by atoms with E-state index >= 15 is 0 Å². The zero-order valence-corrected chi connectivity index (χ0v) is 12.7. The van der Waals surface area contributed by atoms with Crippen molar-refractivity contribution < 1.29 is 14.7 Å². The SMILES string of the molecule is CCCC1(C(=O)O)CCCN1C(=O)c1cc(C)nnc1C. The summed E-state index contributed by atoms with van der Waals surface area (Å²) in [6.45, 7) is 5.91. The van der Waals surface area contributed by atoms with Gasteiger partial charge in [-0.05, 0) is 39.2 Å². The molecular weight excluding hydrogens is 270 g/mol. The van der Waals surface area contributed by atoms with Crippen LogP contribution < -0.4 is 0 Å². The van der Waals surface area contributed by atoms with Crippen LogP contribution in [0.3, 0.4) is 0 Å². The average molecular weight is 291 g/mol. The molecule has 1 atom stereocenters. The summed E-state index contributed by atoms with van der Waals surface area (Å²) in [5, 5.41) is 17.5. The van der Waals surface area contributed by atoms with E-state index in [1.54, 1.807) is 19.9 Å². The zero-order valence-electron chi connectivity index (χ0n) is 12.7. The summed E-state index contributed by atoms with van der Waals surface area (Å²) in [5.41, 5.74) is 0.564. The van der Waals surface area contributed by atoms with Gasteiger partial charge >= 0.3 is 5.97 Å². The molecule has 1 amide bonds. The normalized spacial score (nSPS) is 21.6. The standard InChI is InChI=1S/C15H21N3O3/c1-4-6-15(14(20)21)7-5-8-18(15)13(19)12-9-10(2)16-17-11(12)3/h9H,4-8H2,1-3H3,(H,20,21). The summed E-state index contributed by atoms with van der Waals surface area (Å²) < 4.78 is 0. The molecule has 0 aliphatic carbocycles. The molecule has 0 aromatic carbocycles. The van der Waals surface area contributed by atoms with Crippen LogP contribution >= 0.6 is 0 Å². The number of hydrogen-bond donors (Lipinski definition) is 1. The van der Waals surface area contributed by atoms with Crippen molar-refractivity contribution >= 4 is 11.9 Å². The number of carbonyl (C=O) groups is 2. The second-order valence-electron chi connectivity index (χ2n) is 5.63. The van der Waals surface area contributed by atoms with Crippen LogP contribution in [-0.2, 0) is 4.79 Å². The van der Waals surface area contributed by atoms with E-state index in [0.717, 1.165) is 6.42 Å². The van der Waals surface area contributed by atoms with Crippen molar-refractivity contribution in [3.8, 4) is 0 Å². The lowest BCUT2D eigenvalue weighted by Crippen LogP contribution is -2.53. The number of hydrogen-bond acceptors (Lipinski definition) is 4. The smallest absolute Gasteiger partial charge is 0.329 e. The lowest BCUT2D eigenvalue weighted by molar-refractivity contribution is -0.148. The van der Waals surface area contributed by atoms with E-state index in [9.17, 15) is 14.7 Å². The first kappa shape index (κ1) is 15.4. The summed E-state index contributed by atoms with van der Waals surface area (Å²) in [6, 6.07) is 1.68. The van der Waals surface area contributed by atoms with Crippen molar-refractivity contribution in [2.45, 2.75) is 52.0 Å². The zero-order chi connectivity index (χ0) is 15.6. The fourth-order valence-electron chi connectivity index (χ4n) is 3.09. The number of carbonyl (C=O) groups excluding carboxylic acids is 1. The minimum Gasteiger partial charge on any atom is -0.479 e. The van der Waals surface area contributed by atoms with Crippen LogP contribution in [0, 0.1) is 13.8 Å². The van der Waals surface area contributed by atoms with Gasteiger partial charge in [0.1, 0.15) is 5.54 Å². The van der Waals surface area contributed by atoms with Gasteiger partial charge < -0.3 is 10.0 Å². The van der Waals surface area contributed by atoms with Crippen molar-refractivity contribution in [1.82, 2.24) is 15.1 Å². The Bertz CT molecular complexity index is 573. The van der Waals surface area contributed by atoms with E-state index in [2.05, 4.69) is 10.2 Å². The molecule has 6 heteroatoms. The van der Waals surface area contributed by atoms with Gasteiger partial charge in [0.2, 0.25) is 0 Å². The maximum atomic E-state index is 12.8. The molecule has 2 heterocycles. The van der Waals surface area contributed by atoms with E-state index < -0.39 is 11.5 Å². The predicted molar refractivity (Wildman–Crippen MR) is 77.1 cm³/mol. The minimum absolute atomic E-state index is 0.251. The van der Waals surface area contributed by atoms with Gasteiger partial charge in [0, 0.05) is 6.54 Å². The molecule has 6 nitrogen and oxygen atoms in total. The highest BCUT2D eigenvalue weighted by atomic mass is 16.4. The maximum absolute atomic E-state index is 12.8. The molecule has 21 heavy (non-hydrogen) atoms. The number of rotatable bonds is 4. The van der Waals surface area contributed by atoms with E-state index in [1.165, 1.54) is 4.90 Å². The van der Waals surface area contributed by atoms with Crippen molar-refractivity contribution in [2.24, 2.45) is 0 Å². The Kier molecular flexibility index (Phi) is 4.25. The number of carboxylic acid groups (broad SMARTS) is 1. The van der Waals surface area contributed by atoms with Gasteiger partial charge in [-0.3, -0.25) is 4.79 Å². The van der Waals surface area contributed by atoms with E-state index in [0.29, 0.717) is 42.8 Å². The van der Waals surface area contributed by atoms with Crippen LogP contribution in [0.4, 0.5) is 0 Å². The highest BCUT2D eigenvalue weighted by molar-refractivity contribution is 5.99. The van der Waals surface area contributed by atoms with E-state index in [1.807, 2.05) is 6.92 Å². The predicted octanol–water partition coefficient (Wildman–Crippen LogP) is 1.95.